The minimum Gasteiger partial charge on any atom is -0.347 e. The number of nitrogens with zero attached hydrogens (tertiary/aromatic N) is 4. The lowest BCUT2D eigenvalue weighted by Crippen LogP contribution is -2.58. The van der Waals surface area contributed by atoms with Gasteiger partial charge in [0.15, 0.2) is 0 Å². The zero-order chi connectivity index (χ0) is 27.9. The molecule has 4 saturated heterocycles. The molecule has 0 radical (unpaired) electrons. The van der Waals surface area contributed by atoms with E-state index in [9.17, 15) is 26.8 Å². The minimum atomic E-state index is -3.77. The molecule has 0 saturated carbocycles. The summed E-state index contributed by atoms with van der Waals surface area (Å²) in [6.45, 7) is 2.00. The molecule has 2 N–H and O–H groups in total. The second-order valence-corrected chi connectivity index (χ2v) is 13.1. The Morgan fingerprint density at radius 2 is 1.79 bits per heavy atom. The fourth-order valence-corrected chi connectivity index (χ4v) is 7.73. The quantitative estimate of drug-likeness (QED) is 0.467. The van der Waals surface area contributed by atoms with Crippen LogP contribution in [0.1, 0.15) is 37.3 Å². The molecule has 0 aromatic heterocycles. The molecule has 5 rings (SSSR count). The van der Waals surface area contributed by atoms with Crippen LogP contribution in [0.5, 0.6) is 0 Å². The predicted octanol–water partition coefficient (Wildman–Crippen LogP) is 1.40. The van der Waals surface area contributed by atoms with E-state index in [2.05, 4.69) is 16.7 Å². The number of carbonyl (C=O) groups excluding carboxylic acids is 2. The summed E-state index contributed by atoms with van der Waals surface area (Å²) in [5, 5.41) is 14.6. The highest BCUT2D eigenvalue weighted by Gasteiger charge is 2.44. The Labute approximate surface area is 231 Å². The smallest absolute Gasteiger partial charge is 0.282 e. The topological polar surface area (TPSA) is 126 Å². The number of nitrogens with one attached hydrogen (secondary N) is 2. The van der Waals surface area contributed by atoms with Crippen LogP contribution in [-0.4, -0.2) is 85.6 Å². The van der Waals surface area contributed by atoms with E-state index in [1.807, 2.05) is 0 Å². The van der Waals surface area contributed by atoms with Crippen LogP contribution in [0.4, 0.5) is 8.78 Å². The fourth-order valence-electron chi connectivity index (χ4n) is 5.78. The Balaban J connectivity index is 1.27. The van der Waals surface area contributed by atoms with Crippen molar-refractivity contribution in [3.05, 3.63) is 34.4 Å². The largest absolute Gasteiger partial charge is 0.347 e. The number of piperidine rings is 1. The third-order valence-electron chi connectivity index (χ3n) is 8.21. The lowest BCUT2D eigenvalue weighted by Gasteiger charge is -2.41. The van der Waals surface area contributed by atoms with E-state index in [1.165, 1.54) is 13.5 Å². The maximum absolute atomic E-state index is 14.8. The van der Waals surface area contributed by atoms with E-state index in [1.54, 1.807) is 0 Å². The van der Waals surface area contributed by atoms with Gasteiger partial charge in [-0.3, -0.25) is 9.59 Å². The molecule has 1 aromatic carbocycles. The van der Waals surface area contributed by atoms with Gasteiger partial charge in [0.05, 0.1) is 29.0 Å². The van der Waals surface area contributed by atoms with Gasteiger partial charge in [-0.25, -0.2) is 8.78 Å². The molecule has 4 aliphatic rings. The number of hydrogen-bond acceptors (Lipinski definition) is 6. The van der Waals surface area contributed by atoms with Crippen LogP contribution >= 0.6 is 11.6 Å². The van der Waals surface area contributed by atoms with Crippen LogP contribution in [0.25, 0.3) is 0 Å². The number of likely N-dealkylation sites (tertiary alicyclic amines) is 1. The number of rotatable bonds is 7. The second-order valence-electron chi connectivity index (χ2n) is 10.7. The number of carbonyl (C=O) groups is 2. The van der Waals surface area contributed by atoms with Crippen molar-refractivity contribution >= 4 is 33.6 Å². The van der Waals surface area contributed by atoms with Crippen molar-refractivity contribution in [1.82, 2.24) is 24.1 Å². The third-order valence-corrected chi connectivity index (χ3v) is 10.4. The summed E-state index contributed by atoms with van der Waals surface area (Å²) in [4.78, 5) is 28.5. The molecule has 0 spiro atoms. The van der Waals surface area contributed by atoms with Crippen molar-refractivity contribution < 1.29 is 26.8 Å². The molecule has 4 fully saturated rings. The summed E-state index contributed by atoms with van der Waals surface area (Å²) in [5.41, 5.74) is 0.00499. The standard InChI is InChI=1S/C25H31ClF2N6O4S/c26-19-8-20(27)18(7-21(19)28)23(17-10-30-11-17)31-24(35)22-4-2-6-34(22)25(36)16-3-1-5-32(14-16)39(37,38)33-12-15(9-29)13-33/h7-8,15-17,22-23,30H,1-6,10-14H2,(H,31,35)/t16?,22?,23-/m1/s1. The Kier molecular flexibility index (Phi) is 8.13. The number of nitriles is 1. The van der Waals surface area contributed by atoms with Gasteiger partial charge in [0.2, 0.25) is 11.8 Å². The van der Waals surface area contributed by atoms with Gasteiger partial charge >= 0.3 is 0 Å². The van der Waals surface area contributed by atoms with Gasteiger partial charge in [0.25, 0.3) is 10.2 Å². The van der Waals surface area contributed by atoms with Gasteiger partial charge in [-0.1, -0.05) is 11.6 Å². The van der Waals surface area contributed by atoms with Gasteiger partial charge in [-0.15, -0.1) is 0 Å². The Morgan fingerprint density at radius 3 is 2.46 bits per heavy atom. The lowest BCUT2D eigenvalue weighted by atomic mass is 9.87. The SMILES string of the molecule is N#CC1CN(S(=O)(=O)N2CCCC(C(=O)N3CCCC3C(=O)N[C@@H](c3cc(F)c(Cl)cc3F)C3CNC3)C2)C1. The van der Waals surface area contributed by atoms with E-state index >= 15 is 0 Å². The minimum absolute atomic E-state index is 0.00499. The first kappa shape index (κ1) is 28.2. The molecule has 2 unspecified atom stereocenters. The van der Waals surface area contributed by atoms with Gasteiger partial charge in [0, 0.05) is 57.3 Å². The van der Waals surface area contributed by atoms with Gasteiger partial charge in [-0.05, 0) is 37.8 Å². The molecule has 0 bridgehead atoms. The van der Waals surface area contributed by atoms with E-state index in [4.69, 9.17) is 16.9 Å². The highest BCUT2D eigenvalue weighted by Crippen LogP contribution is 2.32. The van der Waals surface area contributed by atoms with E-state index in [0.717, 1.165) is 12.1 Å². The second kappa shape index (κ2) is 11.2. The van der Waals surface area contributed by atoms with E-state index in [0.29, 0.717) is 51.9 Å². The molecular weight excluding hydrogens is 554 g/mol. The average molecular weight is 585 g/mol. The lowest BCUT2D eigenvalue weighted by molar-refractivity contribution is -0.143. The molecule has 39 heavy (non-hydrogen) atoms. The fraction of sp³-hybridized carbons (Fsp3) is 0.640. The molecule has 4 heterocycles. The van der Waals surface area contributed by atoms with Crippen molar-refractivity contribution in [2.45, 2.75) is 37.8 Å². The van der Waals surface area contributed by atoms with Crippen LogP contribution in [0.15, 0.2) is 12.1 Å². The highest BCUT2D eigenvalue weighted by atomic mass is 35.5. The van der Waals surface area contributed by atoms with Crippen molar-refractivity contribution in [2.75, 3.05) is 45.8 Å². The van der Waals surface area contributed by atoms with Crippen molar-refractivity contribution in [2.24, 2.45) is 17.8 Å². The Hall–Kier alpha value is -2.37. The first-order valence-electron chi connectivity index (χ1n) is 13.2. The Morgan fingerprint density at radius 1 is 1.08 bits per heavy atom. The van der Waals surface area contributed by atoms with Crippen LogP contribution < -0.4 is 10.6 Å². The summed E-state index contributed by atoms with van der Waals surface area (Å²) in [5.74, 6) is -3.30. The number of halogens is 3. The average Bonchev–Trinajstić information content (AvgIpc) is 3.34. The van der Waals surface area contributed by atoms with E-state index in [-0.39, 0.29) is 48.0 Å². The first-order valence-corrected chi connectivity index (χ1v) is 15.0. The molecular formula is C25H31ClF2N6O4S. The highest BCUT2D eigenvalue weighted by molar-refractivity contribution is 7.86. The molecule has 1 aromatic rings. The maximum atomic E-state index is 14.8. The number of amides is 2. The zero-order valence-electron chi connectivity index (χ0n) is 21.3. The number of benzene rings is 1. The summed E-state index contributed by atoms with van der Waals surface area (Å²) in [7, 11) is -3.77. The van der Waals surface area contributed by atoms with Gasteiger partial charge < -0.3 is 15.5 Å². The summed E-state index contributed by atoms with van der Waals surface area (Å²) in [6, 6.07) is 2.38. The van der Waals surface area contributed by atoms with Crippen LogP contribution in [0.2, 0.25) is 5.02 Å². The molecule has 4 aliphatic heterocycles. The number of hydrogen-bond donors (Lipinski definition) is 2. The van der Waals surface area contributed by atoms with Crippen LogP contribution in [0, 0.1) is 40.7 Å². The molecule has 14 heteroatoms. The van der Waals surface area contributed by atoms with E-state index < -0.39 is 45.8 Å². The van der Waals surface area contributed by atoms with Crippen LogP contribution in [0.3, 0.4) is 0 Å². The van der Waals surface area contributed by atoms with Crippen molar-refractivity contribution in [3.63, 3.8) is 0 Å². The molecule has 2 amide bonds. The zero-order valence-corrected chi connectivity index (χ0v) is 22.9. The predicted molar refractivity (Wildman–Crippen MR) is 137 cm³/mol. The van der Waals surface area contributed by atoms with Crippen molar-refractivity contribution in [1.29, 1.82) is 5.26 Å². The first-order chi connectivity index (χ1) is 18.6. The van der Waals surface area contributed by atoms with Crippen molar-refractivity contribution in [3.8, 4) is 6.07 Å². The summed E-state index contributed by atoms with van der Waals surface area (Å²) in [6.07, 6.45) is 2.03. The normalized spacial score (nSPS) is 25.9. The maximum Gasteiger partial charge on any atom is 0.282 e. The van der Waals surface area contributed by atoms with Gasteiger partial charge in [-0.2, -0.15) is 22.3 Å². The Bertz CT molecular complexity index is 1280. The summed E-state index contributed by atoms with van der Waals surface area (Å²) < 4.78 is 57.5. The third kappa shape index (κ3) is 5.50. The molecule has 212 valence electrons. The molecule has 10 nitrogen and oxygen atoms in total. The monoisotopic (exact) mass is 584 g/mol. The molecule has 0 aliphatic carbocycles. The molecule has 3 atom stereocenters. The van der Waals surface area contributed by atoms with Crippen LogP contribution in [-0.2, 0) is 19.8 Å². The van der Waals surface area contributed by atoms with Gasteiger partial charge in [0.1, 0.15) is 17.7 Å². The summed E-state index contributed by atoms with van der Waals surface area (Å²) >= 11 is 5.72.